The summed E-state index contributed by atoms with van der Waals surface area (Å²) in [5.41, 5.74) is 1.01. The Morgan fingerprint density at radius 3 is 2.50 bits per heavy atom. The van der Waals surface area contributed by atoms with Crippen LogP contribution in [0.2, 0.25) is 0 Å². The molecular weight excluding hydrogens is 404 g/mol. The van der Waals surface area contributed by atoms with Gasteiger partial charge in [0.25, 0.3) is 0 Å². The molecule has 0 spiro atoms. The number of halogens is 2. The fourth-order valence-corrected chi connectivity index (χ4v) is 3.98. The standard InChI is InChI=1S/C12H12Br2N2OS.C2H6/c13-10-8(7-18-11(10)14)12-15-6-9(17-12)16-4-2-1-3-5-16;1-2/h6-7H,1-5H2;1-2H3. The molecule has 3 heterocycles. The van der Waals surface area contributed by atoms with Crippen molar-refractivity contribution in [3.63, 3.8) is 0 Å². The van der Waals surface area contributed by atoms with Crippen LogP contribution in [0, 0.1) is 0 Å². The highest BCUT2D eigenvalue weighted by Gasteiger charge is 2.18. The maximum absolute atomic E-state index is 5.87. The van der Waals surface area contributed by atoms with Crippen molar-refractivity contribution in [2.75, 3.05) is 18.0 Å². The van der Waals surface area contributed by atoms with Gasteiger partial charge in [-0.15, -0.1) is 11.3 Å². The molecule has 1 aliphatic heterocycles. The van der Waals surface area contributed by atoms with Gasteiger partial charge in [0, 0.05) is 18.5 Å². The first-order valence-electron chi connectivity index (χ1n) is 6.89. The van der Waals surface area contributed by atoms with Crippen LogP contribution in [0.15, 0.2) is 24.3 Å². The summed E-state index contributed by atoms with van der Waals surface area (Å²) in [5.74, 6) is 1.57. The second-order valence-corrected chi connectivity index (χ2v) is 7.28. The van der Waals surface area contributed by atoms with Crippen molar-refractivity contribution >= 4 is 49.1 Å². The van der Waals surface area contributed by atoms with E-state index in [1.54, 1.807) is 11.3 Å². The SMILES string of the molecule is Brc1scc(-c2ncc(N3CCCCC3)o2)c1Br.CC. The second-order valence-electron chi connectivity index (χ2n) is 4.29. The number of anilines is 1. The maximum Gasteiger partial charge on any atom is 0.230 e. The topological polar surface area (TPSA) is 29.3 Å². The van der Waals surface area contributed by atoms with Crippen molar-refractivity contribution in [1.82, 2.24) is 4.98 Å². The lowest BCUT2D eigenvalue weighted by atomic mass is 10.1. The summed E-state index contributed by atoms with van der Waals surface area (Å²) >= 11 is 8.66. The van der Waals surface area contributed by atoms with E-state index in [-0.39, 0.29) is 0 Å². The Kier molecular flexibility index (Phi) is 6.11. The summed E-state index contributed by atoms with van der Waals surface area (Å²) < 4.78 is 7.95. The first kappa shape index (κ1) is 16.0. The van der Waals surface area contributed by atoms with Gasteiger partial charge >= 0.3 is 0 Å². The molecule has 0 saturated carbocycles. The van der Waals surface area contributed by atoms with Crippen LogP contribution in [-0.4, -0.2) is 18.1 Å². The Bertz CT molecular complexity index is 547. The van der Waals surface area contributed by atoms with Crippen LogP contribution in [0.5, 0.6) is 0 Å². The van der Waals surface area contributed by atoms with Gasteiger partial charge in [-0.3, -0.25) is 0 Å². The average molecular weight is 422 g/mol. The van der Waals surface area contributed by atoms with E-state index in [1.807, 2.05) is 25.4 Å². The molecule has 0 radical (unpaired) electrons. The van der Waals surface area contributed by atoms with Gasteiger partial charge in [0.05, 0.1) is 20.0 Å². The van der Waals surface area contributed by atoms with Crippen molar-refractivity contribution < 1.29 is 4.42 Å². The molecule has 0 unspecified atom stereocenters. The molecule has 0 atom stereocenters. The van der Waals surface area contributed by atoms with E-state index >= 15 is 0 Å². The van der Waals surface area contributed by atoms with E-state index < -0.39 is 0 Å². The summed E-state index contributed by atoms with van der Waals surface area (Å²) in [5, 5.41) is 2.04. The highest BCUT2D eigenvalue weighted by Crippen LogP contribution is 2.39. The zero-order chi connectivity index (χ0) is 14.5. The molecule has 3 rings (SSSR count). The van der Waals surface area contributed by atoms with E-state index in [9.17, 15) is 0 Å². The number of oxazole rings is 1. The molecule has 2 aromatic rings. The van der Waals surface area contributed by atoms with Gasteiger partial charge in [-0.1, -0.05) is 13.8 Å². The molecule has 0 amide bonds. The van der Waals surface area contributed by atoms with Gasteiger partial charge in [-0.2, -0.15) is 0 Å². The minimum absolute atomic E-state index is 0.685. The fraction of sp³-hybridized carbons (Fsp3) is 0.500. The first-order chi connectivity index (χ1) is 9.75. The number of hydrogen-bond donors (Lipinski definition) is 0. The lowest BCUT2D eigenvalue weighted by molar-refractivity contribution is 0.505. The summed E-state index contributed by atoms with van der Waals surface area (Å²) in [7, 11) is 0. The van der Waals surface area contributed by atoms with Gasteiger partial charge in [-0.25, -0.2) is 4.98 Å². The molecule has 0 N–H and O–H groups in total. The van der Waals surface area contributed by atoms with E-state index in [4.69, 9.17) is 4.42 Å². The summed E-state index contributed by atoms with van der Waals surface area (Å²) in [6.07, 6.45) is 5.63. The Morgan fingerprint density at radius 1 is 1.20 bits per heavy atom. The van der Waals surface area contributed by atoms with Gasteiger partial charge < -0.3 is 9.32 Å². The first-order valence-corrected chi connectivity index (χ1v) is 9.36. The van der Waals surface area contributed by atoms with Crippen LogP contribution in [0.4, 0.5) is 5.88 Å². The molecule has 0 bridgehead atoms. The predicted octanol–water partition coefficient (Wildman–Crippen LogP) is 5.94. The maximum atomic E-state index is 5.87. The van der Waals surface area contributed by atoms with Crippen molar-refractivity contribution in [3.05, 3.63) is 19.8 Å². The number of thiophene rings is 1. The molecule has 1 saturated heterocycles. The third-order valence-corrected chi connectivity index (χ3v) is 6.42. The van der Waals surface area contributed by atoms with E-state index in [0.717, 1.165) is 32.8 Å². The second kappa shape index (κ2) is 7.61. The lowest BCUT2D eigenvalue weighted by Gasteiger charge is -2.25. The van der Waals surface area contributed by atoms with Crippen molar-refractivity contribution in [3.8, 4) is 11.5 Å². The van der Waals surface area contributed by atoms with Crippen LogP contribution in [-0.2, 0) is 0 Å². The Morgan fingerprint density at radius 2 is 1.90 bits per heavy atom. The van der Waals surface area contributed by atoms with Gasteiger partial charge in [0.15, 0.2) is 0 Å². The van der Waals surface area contributed by atoms with Gasteiger partial charge in [0.2, 0.25) is 11.8 Å². The summed E-state index contributed by atoms with van der Waals surface area (Å²) in [4.78, 5) is 6.66. The van der Waals surface area contributed by atoms with E-state index in [2.05, 4.69) is 41.7 Å². The third-order valence-electron chi connectivity index (χ3n) is 3.08. The number of aromatic nitrogens is 1. The van der Waals surface area contributed by atoms with Crippen molar-refractivity contribution in [2.24, 2.45) is 0 Å². The lowest BCUT2D eigenvalue weighted by Crippen LogP contribution is -2.28. The minimum atomic E-state index is 0.685. The van der Waals surface area contributed by atoms with Gasteiger partial charge in [0.1, 0.15) is 0 Å². The number of hydrogen-bond acceptors (Lipinski definition) is 4. The zero-order valence-electron chi connectivity index (χ0n) is 11.7. The molecular formula is C14H18Br2N2OS. The average Bonchev–Trinajstić information content (AvgIpc) is 3.11. The largest absolute Gasteiger partial charge is 0.420 e. The molecule has 2 aromatic heterocycles. The van der Waals surface area contributed by atoms with Crippen LogP contribution in [0.1, 0.15) is 33.1 Å². The number of nitrogens with zero attached hydrogens (tertiary/aromatic N) is 2. The van der Waals surface area contributed by atoms with Crippen molar-refractivity contribution in [1.29, 1.82) is 0 Å². The zero-order valence-corrected chi connectivity index (χ0v) is 15.6. The molecule has 3 nitrogen and oxygen atoms in total. The Balaban J connectivity index is 0.000000704. The summed E-state index contributed by atoms with van der Waals surface area (Å²) in [6.45, 7) is 6.15. The quantitative estimate of drug-likeness (QED) is 0.600. The Hall–Kier alpha value is -0.330. The molecule has 0 aliphatic carbocycles. The third kappa shape index (κ3) is 3.46. The smallest absolute Gasteiger partial charge is 0.230 e. The van der Waals surface area contributed by atoms with E-state index in [0.29, 0.717) is 5.89 Å². The molecule has 6 heteroatoms. The molecule has 0 aromatic carbocycles. The number of piperidine rings is 1. The monoisotopic (exact) mass is 420 g/mol. The van der Waals surface area contributed by atoms with Crippen LogP contribution < -0.4 is 4.90 Å². The molecule has 110 valence electrons. The highest BCUT2D eigenvalue weighted by atomic mass is 79.9. The molecule has 1 fully saturated rings. The Labute approximate surface area is 140 Å². The molecule has 1 aliphatic rings. The number of rotatable bonds is 2. The van der Waals surface area contributed by atoms with Gasteiger partial charge in [-0.05, 0) is 51.1 Å². The molecule has 20 heavy (non-hydrogen) atoms. The predicted molar refractivity (Wildman–Crippen MR) is 92.6 cm³/mol. The van der Waals surface area contributed by atoms with Crippen LogP contribution in [0.25, 0.3) is 11.5 Å². The minimum Gasteiger partial charge on any atom is -0.420 e. The fourth-order valence-electron chi connectivity index (χ4n) is 2.11. The van der Waals surface area contributed by atoms with Crippen LogP contribution in [0.3, 0.4) is 0 Å². The van der Waals surface area contributed by atoms with E-state index in [1.165, 1.54) is 19.3 Å². The highest BCUT2D eigenvalue weighted by molar-refractivity contribution is 9.13. The van der Waals surface area contributed by atoms with Crippen LogP contribution >= 0.6 is 43.2 Å². The normalized spacial score (nSPS) is 14.9. The summed E-state index contributed by atoms with van der Waals surface area (Å²) in [6, 6.07) is 0. The van der Waals surface area contributed by atoms with Crippen molar-refractivity contribution in [2.45, 2.75) is 33.1 Å².